The normalized spacial score (nSPS) is 18.0. The van der Waals surface area contributed by atoms with Crippen LogP contribution in [0.1, 0.15) is 30.1 Å². The smallest absolute Gasteiger partial charge is 0.258 e. The third kappa shape index (κ3) is 3.23. The predicted molar refractivity (Wildman–Crippen MR) is 68.6 cm³/mol. The van der Waals surface area contributed by atoms with Gasteiger partial charge < -0.3 is 15.2 Å². The lowest BCUT2D eigenvalue weighted by Crippen LogP contribution is -2.39. The minimum absolute atomic E-state index is 0.0330. The van der Waals surface area contributed by atoms with Crippen LogP contribution in [0.2, 0.25) is 0 Å². The average molecular weight is 267 g/mol. The monoisotopic (exact) mass is 267 g/mol. The maximum Gasteiger partial charge on any atom is 0.258 e. The van der Waals surface area contributed by atoms with E-state index >= 15 is 0 Å². The quantitative estimate of drug-likeness (QED) is 0.881. The third-order valence-electron chi connectivity index (χ3n) is 3.59. The fourth-order valence-electron chi connectivity index (χ4n) is 2.16. The Hall–Kier alpha value is -1.62. The molecule has 1 aromatic carbocycles. The van der Waals surface area contributed by atoms with E-state index in [1.165, 1.54) is 12.1 Å². The molecule has 1 aliphatic heterocycles. The first-order valence-electron chi connectivity index (χ1n) is 6.35. The summed E-state index contributed by atoms with van der Waals surface area (Å²) in [4.78, 5) is 11.9. The van der Waals surface area contributed by atoms with E-state index in [1.54, 1.807) is 0 Å². The number of aromatic hydroxyl groups is 1. The summed E-state index contributed by atoms with van der Waals surface area (Å²) in [6.07, 6.45) is 1.72. The topological polar surface area (TPSA) is 58.6 Å². The van der Waals surface area contributed by atoms with Crippen LogP contribution < -0.4 is 5.32 Å². The van der Waals surface area contributed by atoms with Crippen molar-refractivity contribution in [1.29, 1.82) is 0 Å². The van der Waals surface area contributed by atoms with Gasteiger partial charge in [0.2, 0.25) is 0 Å². The molecule has 2 rings (SSSR count). The van der Waals surface area contributed by atoms with Crippen LogP contribution in [0.15, 0.2) is 18.2 Å². The first-order chi connectivity index (χ1) is 9.02. The first kappa shape index (κ1) is 13.8. The number of ether oxygens (including phenoxy) is 1. The van der Waals surface area contributed by atoms with Crippen molar-refractivity contribution < 1.29 is 19.0 Å². The van der Waals surface area contributed by atoms with Gasteiger partial charge in [-0.05, 0) is 30.4 Å². The van der Waals surface area contributed by atoms with Gasteiger partial charge in [-0.1, -0.05) is 13.0 Å². The second kappa shape index (κ2) is 5.57. The molecule has 19 heavy (non-hydrogen) atoms. The molecule has 1 heterocycles. The number of hydrogen-bond donors (Lipinski definition) is 2. The molecular weight excluding hydrogens is 249 g/mol. The van der Waals surface area contributed by atoms with Crippen molar-refractivity contribution in [3.63, 3.8) is 0 Å². The molecule has 2 N–H and O–H groups in total. The molecule has 0 saturated carbocycles. The molecule has 0 aromatic heterocycles. The Bertz CT molecular complexity index is 450. The lowest BCUT2D eigenvalue weighted by atomic mass is 9.82. The maximum absolute atomic E-state index is 13.5. The highest BCUT2D eigenvalue weighted by atomic mass is 19.1. The highest BCUT2D eigenvalue weighted by molar-refractivity contribution is 5.97. The Balaban J connectivity index is 2.01. The molecule has 0 bridgehead atoms. The van der Waals surface area contributed by atoms with Crippen molar-refractivity contribution in [3.8, 4) is 5.75 Å². The van der Waals surface area contributed by atoms with Gasteiger partial charge in [0.1, 0.15) is 17.1 Å². The van der Waals surface area contributed by atoms with E-state index in [2.05, 4.69) is 12.2 Å². The van der Waals surface area contributed by atoms with Crippen LogP contribution >= 0.6 is 0 Å². The SMILES string of the molecule is CC1(CNC(=O)c2c(O)cccc2F)CCOCC1. The molecule has 1 aromatic rings. The Morgan fingerprint density at radius 1 is 1.47 bits per heavy atom. The highest BCUT2D eigenvalue weighted by Crippen LogP contribution is 2.29. The highest BCUT2D eigenvalue weighted by Gasteiger charge is 2.28. The molecule has 0 aliphatic carbocycles. The molecule has 0 spiro atoms. The van der Waals surface area contributed by atoms with E-state index < -0.39 is 11.7 Å². The molecule has 1 fully saturated rings. The molecule has 0 unspecified atom stereocenters. The summed E-state index contributed by atoms with van der Waals surface area (Å²) < 4.78 is 18.8. The lowest BCUT2D eigenvalue weighted by molar-refractivity contribution is 0.0238. The van der Waals surface area contributed by atoms with Gasteiger partial charge in [-0.15, -0.1) is 0 Å². The third-order valence-corrected chi connectivity index (χ3v) is 3.59. The fourth-order valence-corrected chi connectivity index (χ4v) is 2.16. The second-order valence-electron chi connectivity index (χ2n) is 5.24. The zero-order valence-corrected chi connectivity index (χ0v) is 10.9. The summed E-state index contributed by atoms with van der Waals surface area (Å²) in [7, 11) is 0. The van der Waals surface area contributed by atoms with E-state index in [9.17, 15) is 14.3 Å². The zero-order valence-electron chi connectivity index (χ0n) is 10.9. The number of amides is 1. The number of hydrogen-bond acceptors (Lipinski definition) is 3. The first-order valence-corrected chi connectivity index (χ1v) is 6.35. The number of halogens is 1. The van der Waals surface area contributed by atoms with Crippen molar-refractivity contribution in [1.82, 2.24) is 5.32 Å². The Labute approximate surface area is 111 Å². The Morgan fingerprint density at radius 3 is 2.79 bits per heavy atom. The molecule has 104 valence electrons. The number of phenols is 1. The number of phenolic OH excluding ortho intramolecular Hbond substituents is 1. The van der Waals surface area contributed by atoms with Crippen LogP contribution in [0.3, 0.4) is 0 Å². The fraction of sp³-hybridized carbons (Fsp3) is 0.500. The van der Waals surface area contributed by atoms with Gasteiger partial charge in [0.25, 0.3) is 5.91 Å². The maximum atomic E-state index is 13.5. The van der Waals surface area contributed by atoms with Gasteiger partial charge in [0.15, 0.2) is 0 Å². The molecular formula is C14H18FNO3. The number of rotatable bonds is 3. The van der Waals surface area contributed by atoms with Crippen molar-refractivity contribution in [3.05, 3.63) is 29.6 Å². The largest absolute Gasteiger partial charge is 0.507 e. The molecule has 1 saturated heterocycles. The van der Waals surface area contributed by atoms with Crippen LogP contribution in [0.25, 0.3) is 0 Å². The number of nitrogens with one attached hydrogen (secondary N) is 1. The van der Waals surface area contributed by atoms with Crippen LogP contribution in [0, 0.1) is 11.2 Å². The number of benzene rings is 1. The summed E-state index contributed by atoms with van der Waals surface area (Å²) in [5.41, 5.74) is -0.326. The van der Waals surface area contributed by atoms with Crippen LogP contribution in [0.5, 0.6) is 5.75 Å². The molecule has 1 aliphatic rings. The van der Waals surface area contributed by atoms with Crippen molar-refractivity contribution in [2.45, 2.75) is 19.8 Å². The van der Waals surface area contributed by atoms with E-state index in [1.807, 2.05) is 0 Å². The van der Waals surface area contributed by atoms with Gasteiger partial charge >= 0.3 is 0 Å². The summed E-state index contributed by atoms with van der Waals surface area (Å²) in [5, 5.41) is 12.2. The van der Waals surface area contributed by atoms with E-state index in [0.717, 1.165) is 18.9 Å². The minimum Gasteiger partial charge on any atom is -0.507 e. The van der Waals surface area contributed by atoms with E-state index in [0.29, 0.717) is 19.8 Å². The molecule has 0 atom stereocenters. The van der Waals surface area contributed by atoms with E-state index in [-0.39, 0.29) is 16.7 Å². The molecule has 0 radical (unpaired) electrons. The van der Waals surface area contributed by atoms with Crippen LogP contribution in [0.4, 0.5) is 4.39 Å². The summed E-state index contributed by atoms with van der Waals surface area (Å²) >= 11 is 0. The van der Waals surface area contributed by atoms with E-state index in [4.69, 9.17) is 4.74 Å². The standard InChI is InChI=1S/C14H18FNO3/c1-14(5-7-19-8-6-14)9-16-13(18)12-10(15)3-2-4-11(12)17/h2-4,17H,5-9H2,1H3,(H,16,18). The van der Waals surface area contributed by atoms with Crippen molar-refractivity contribution >= 4 is 5.91 Å². The predicted octanol–water partition coefficient (Wildman–Crippen LogP) is 2.08. The lowest BCUT2D eigenvalue weighted by Gasteiger charge is -2.33. The van der Waals surface area contributed by atoms with Gasteiger partial charge in [-0.3, -0.25) is 4.79 Å². The summed E-state index contributed by atoms with van der Waals surface area (Å²) in [6.45, 7) is 3.87. The van der Waals surface area contributed by atoms with Crippen LogP contribution in [-0.2, 0) is 4.74 Å². The van der Waals surface area contributed by atoms with Gasteiger partial charge in [-0.2, -0.15) is 0 Å². The molecule has 1 amide bonds. The van der Waals surface area contributed by atoms with Crippen LogP contribution in [-0.4, -0.2) is 30.8 Å². The molecule has 5 heteroatoms. The number of carbonyl (C=O) groups is 1. The average Bonchev–Trinajstić information content (AvgIpc) is 2.37. The molecule has 4 nitrogen and oxygen atoms in total. The van der Waals surface area contributed by atoms with Crippen molar-refractivity contribution in [2.75, 3.05) is 19.8 Å². The van der Waals surface area contributed by atoms with Gasteiger partial charge in [0, 0.05) is 19.8 Å². The second-order valence-corrected chi connectivity index (χ2v) is 5.24. The summed E-state index contributed by atoms with van der Waals surface area (Å²) in [5.74, 6) is -1.63. The number of carbonyl (C=O) groups excluding carboxylic acids is 1. The Kier molecular flexibility index (Phi) is 4.04. The Morgan fingerprint density at radius 2 is 2.16 bits per heavy atom. The summed E-state index contributed by atoms with van der Waals surface area (Å²) in [6, 6.07) is 3.82. The van der Waals surface area contributed by atoms with Gasteiger partial charge in [0.05, 0.1) is 0 Å². The van der Waals surface area contributed by atoms with Crippen molar-refractivity contribution in [2.24, 2.45) is 5.41 Å². The van der Waals surface area contributed by atoms with Gasteiger partial charge in [-0.25, -0.2) is 4.39 Å². The zero-order chi connectivity index (χ0) is 13.9. The minimum atomic E-state index is -0.713.